The van der Waals surface area contributed by atoms with Crippen molar-refractivity contribution in [2.45, 2.75) is 20.0 Å². The van der Waals surface area contributed by atoms with Crippen LogP contribution >= 0.6 is 15.9 Å². The molecule has 5 nitrogen and oxygen atoms in total. The van der Waals surface area contributed by atoms with Crippen LogP contribution in [0.5, 0.6) is 0 Å². The molecule has 0 aliphatic carbocycles. The van der Waals surface area contributed by atoms with Gasteiger partial charge in [-0.3, -0.25) is 0 Å². The number of halogens is 1. The van der Waals surface area contributed by atoms with Gasteiger partial charge in [0.05, 0.1) is 17.8 Å². The molecule has 0 aliphatic rings. The van der Waals surface area contributed by atoms with Crippen LogP contribution in [0.3, 0.4) is 0 Å². The molecule has 0 spiro atoms. The van der Waals surface area contributed by atoms with Crippen molar-refractivity contribution in [3.05, 3.63) is 51.3 Å². The van der Waals surface area contributed by atoms with E-state index in [4.69, 9.17) is 9.63 Å². The predicted molar refractivity (Wildman–Crippen MR) is 72.9 cm³/mol. The molecule has 1 aromatic heterocycles. The van der Waals surface area contributed by atoms with Crippen LogP contribution in [-0.2, 0) is 13.1 Å². The first kappa shape index (κ1) is 13.8. The zero-order chi connectivity index (χ0) is 13.8. The highest BCUT2D eigenvalue weighted by atomic mass is 79.9. The molecule has 1 aromatic carbocycles. The van der Waals surface area contributed by atoms with E-state index >= 15 is 0 Å². The molecule has 0 saturated heterocycles. The molecule has 0 atom stereocenters. The number of nitrogens with one attached hydrogen (secondary N) is 1. The summed E-state index contributed by atoms with van der Waals surface area (Å²) in [5.74, 6) is -0.159. The van der Waals surface area contributed by atoms with E-state index in [9.17, 15) is 4.79 Å². The molecule has 0 fully saturated rings. The summed E-state index contributed by atoms with van der Waals surface area (Å²) in [6, 6.07) is 6.84. The molecule has 1 heterocycles. The number of carbonyl (C=O) groups is 1. The minimum Gasteiger partial charge on any atom is -0.478 e. The number of aromatic nitrogens is 1. The molecular formula is C13H13BrN2O3. The highest BCUT2D eigenvalue weighted by Gasteiger charge is 2.07. The third-order valence-corrected chi connectivity index (χ3v) is 3.33. The number of aromatic carboxylic acids is 1. The van der Waals surface area contributed by atoms with E-state index in [1.54, 1.807) is 18.2 Å². The average Bonchev–Trinajstić information content (AvgIpc) is 2.77. The quantitative estimate of drug-likeness (QED) is 0.884. The lowest BCUT2D eigenvalue weighted by Gasteiger charge is -2.06. The van der Waals surface area contributed by atoms with Gasteiger partial charge in [-0.1, -0.05) is 27.2 Å². The van der Waals surface area contributed by atoms with Gasteiger partial charge in [0.1, 0.15) is 0 Å². The minimum absolute atomic E-state index is 0.265. The molecule has 2 N–H and O–H groups in total. The van der Waals surface area contributed by atoms with Gasteiger partial charge in [-0.15, -0.1) is 0 Å². The number of aryl methyl sites for hydroxylation is 1. The van der Waals surface area contributed by atoms with Crippen LogP contribution in [0.1, 0.15) is 27.4 Å². The van der Waals surface area contributed by atoms with Gasteiger partial charge in [-0.2, -0.15) is 0 Å². The second-order valence-corrected chi connectivity index (χ2v) is 5.00. The van der Waals surface area contributed by atoms with Gasteiger partial charge in [0.15, 0.2) is 5.76 Å². The Bertz CT molecular complexity index is 595. The molecular weight excluding hydrogens is 312 g/mol. The summed E-state index contributed by atoms with van der Waals surface area (Å²) in [5, 5.41) is 15.9. The Morgan fingerprint density at radius 2 is 2.21 bits per heavy atom. The monoisotopic (exact) mass is 324 g/mol. The van der Waals surface area contributed by atoms with Gasteiger partial charge in [0.2, 0.25) is 0 Å². The molecule has 0 amide bonds. The van der Waals surface area contributed by atoms with Gasteiger partial charge >= 0.3 is 5.97 Å². The summed E-state index contributed by atoms with van der Waals surface area (Å²) in [6.07, 6.45) is 0. The fourth-order valence-electron chi connectivity index (χ4n) is 1.64. The Labute approximate surface area is 118 Å². The van der Waals surface area contributed by atoms with Crippen molar-refractivity contribution in [2.24, 2.45) is 0 Å². The second kappa shape index (κ2) is 5.99. The lowest BCUT2D eigenvalue weighted by Crippen LogP contribution is -2.12. The molecule has 0 bridgehead atoms. The van der Waals surface area contributed by atoms with Crippen molar-refractivity contribution in [1.82, 2.24) is 10.5 Å². The summed E-state index contributed by atoms with van der Waals surface area (Å²) < 4.78 is 5.85. The Morgan fingerprint density at radius 3 is 2.79 bits per heavy atom. The van der Waals surface area contributed by atoms with Gasteiger partial charge in [-0.05, 0) is 24.6 Å². The number of rotatable bonds is 5. The highest BCUT2D eigenvalue weighted by molar-refractivity contribution is 9.10. The number of hydrogen-bond acceptors (Lipinski definition) is 4. The van der Waals surface area contributed by atoms with Crippen LogP contribution in [0, 0.1) is 6.92 Å². The molecule has 6 heteroatoms. The molecule has 0 radical (unpaired) electrons. The molecule has 0 saturated carbocycles. The fraction of sp³-hybridized carbons (Fsp3) is 0.231. The number of hydrogen-bond donors (Lipinski definition) is 2. The Kier molecular flexibility index (Phi) is 4.34. The average molecular weight is 325 g/mol. The van der Waals surface area contributed by atoms with Crippen molar-refractivity contribution in [3.8, 4) is 0 Å². The Morgan fingerprint density at radius 1 is 1.42 bits per heavy atom. The first-order valence-corrected chi connectivity index (χ1v) is 6.50. The van der Waals surface area contributed by atoms with E-state index in [2.05, 4.69) is 26.4 Å². The highest BCUT2D eigenvalue weighted by Crippen LogP contribution is 2.18. The van der Waals surface area contributed by atoms with Crippen LogP contribution in [0.2, 0.25) is 0 Å². The minimum atomic E-state index is -0.933. The first-order valence-electron chi connectivity index (χ1n) is 5.71. The van der Waals surface area contributed by atoms with E-state index in [1.165, 1.54) is 0 Å². The van der Waals surface area contributed by atoms with E-state index in [1.807, 2.05) is 13.0 Å². The topological polar surface area (TPSA) is 75.4 Å². The molecule has 0 aliphatic heterocycles. The van der Waals surface area contributed by atoms with Gasteiger partial charge in [0.25, 0.3) is 0 Å². The lowest BCUT2D eigenvalue weighted by molar-refractivity contribution is 0.0697. The molecule has 2 aromatic rings. The van der Waals surface area contributed by atoms with Crippen molar-refractivity contribution >= 4 is 21.9 Å². The fourth-order valence-corrected chi connectivity index (χ4v) is 2.16. The number of carboxylic acids is 1. The molecule has 19 heavy (non-hydrogen) atoms. The third-order valence-electron chi connectivity index (χ3n) is 2.59. The van der Waals surface area contributed by atoms with Crippen molar-refractivity contribution in [2.75, 3.05) is 0 Å². The van der Waals surface area contributed by atoms with Gasteiger partial charge < -0.3 is 14.9 Å². The summed E-state index contributed by atoms with van der Waals surface area (Å²) in [4.78, 5) is 10.8. The molecule has 100 valence electrons. The van der Waals surface area contributed by atoms with Crippen LogP contribution in [0.4, 0.5) is 0 Å². The normalized spacial score (nSPS) is 10.6. The Hall–Kier alpha value is -1.66. The maximum absolute atomic E-state index is 10.8. The number of carboxylic acid groups (broad SMARTS) is 1. The SMILES string of the molecule is Cc1cc(CNCc2ccc(C(=O)O)cc2Br)on1. The van der Waals surface area contributed by atoms with Crippen molar-refractivity contribution in [1.29, 1.82) is 0 Å². The second-order valence-electron chi connectivity index (χ2n) is 4.15. The van der Waals surface area contributed by atoms with Gasteiger partial charge in [-0.25, -0.2) is 4.79 Å². The van der Waals surface area contributed by atoms with Crippen LogP contribution in [-0.4, -0.2) is 16.2 Å². The van der Waals surface area contributed by atoms with E-state index < -0.39 is 5.97 Å². The summed E-state index contributed by atoms with van der Waals surface area (Å²) >= 11 is 3.37. The maximum atomic E-state index is 10.8. The lowest BCUT2D eigenvalue weighted by atomic mass is 10.1. The summed E-state index contributed by atoms with van der Waals surface area (Å²) in [5.41, 5.74) is 2.10. The smallest absolute Gasteiger partial charge is 0.335 e. The first-order chi connectivity index (χ1) is 9.06. The van der Waals surface area contributed by atoms with E-state index in [0.717, 1.165) is 21.5 Å². The predicted octanol–water partition coefficient (Wildman–Crippen LogP) is 2.73. The molecule has 2 rings (SSSR count). The van der Waals surface area contributed by atoms with Crippen LogP contribution < -0.4 is 5.32 Å². The van der Waals surface area contributed by atoms with E-state index in [0.29, 0.717) is 13.1 Å². The zero-order valence-electron chi connectivity index (χ0n) is 10.3. The van der Waals surface area contributed by atoms with Gasteiger partial charge in [0, 0.05) is 17.1 Å². The molecule has 0 unspecified atom stereocenters. The standard InChI is InChI=1S/C13H13BrN2O3/c1-8-4-11(19-16-8)7-15-6-10-3-2-9(13(17)18)5-12(10)14/h2-5,15H,6-7H2,1H3,(H,17,18). The summed E-state index contributed by atoms with van der Waals surface area (Å²) in [6.45, 7) is 3.06. The maximum Gasteiger partial charge on any atom is 0.335 e. The van der Waals surface area contributed by atoms with E-state index in [-0.39, 0.29) is 5.56 Å². The zero-order valence-corrected chi connectivity index (χ0v) is 11.9. The summed E-state index contributed by atoms with van der Waals surface area (Å²) in [7, 11) is 0. The largest absolute Gasteiger partial charge is 0.478 e. The van der Waals surface area contributed by atoms with Crippen molar-refractivity contribution < 1.29 is 14.4 Å². The number of benzene rings is 1. The van der Waals surface area contributed by atoms with Crippen LogP contribution in [0.15, 0.2) is 33.3 Å². The number of nitrogens with zero attached hydrogens (tertiary/aromatic N) is 1. The third kappa shape index (κ3) is 3.65. The Balaban J connectivity index is 1.94. The van der Waals surface area contributed by atoms with Crippen molar-refractivity contribution in [3.63, 3.8) is 0 Å². The van der Waals surface area contributed by atoms with Crippen LogP contribution in [0.25, 0.3) is 0 Å².